The maximum atomic E-state index is 12.2. The van der Waals surface area contributed by atoms with Gasteiger partial charge in [-0.15, -0.1) is 0 Å². The van der Waals surface area contributed by atoms with Crippen molar-refractivity contribution in [2.45, 2.75) is 24.8 Å². The van der Waals surface area contributed by atoms with E-state index in [1.165, 1.54) is 12.3 Å². The molecule has 1 N–H and O–H groups in total. The topological polar surface area (TPSA) is 59.1 Å². The minimum absolute atomic E-state index is 0.0218. The molecule has 1 aromatic carbocycles. The van der Waals surface area contributed by atoms with Crippen LogP contribution in [-0.4, -0.2) is 13.4 Å². The molecule has 2 aromatic rings. The predicted molar refractivity (Wildman–Crippen MR) is 75.6 cm³/mol. The number of benzene rings is 1. The molecule has 0 saturated carbocycles. The van der Waals surface area contributed by atoms with E-state index < -0.39 is 10.0 Å². The van der Waals surface area contributed by atoms with Crippen molar-refractivity contribution in [3.63, 3.8) is 0 Å². The fraction of sp³-hybridized carbons (Fsp3) is 0.214. The number of hydrogen-bond acceptors (Lipinski definition) is 3. The molecule has 1 heterocycles. The summed E-state index contributed by atoms with van der Waals surface area (Å²) < 4.78 is 27.0. The zero-order valence-corrected chi connectivity index (χ0v) is 11.7. The molecular formula is C14H16N2O2S. The van der Waals surface area contributed by atoms with Crippen LogP contribution < -0.4 is 4.72 Å². The first-order valence-corrected chi connectivity index (χ1v) is 7.52. The van der Waals surface area contributed by atoms with E-state index in [4.69, 9.17) is 0 Å². The number of rotatable bonds is 4. The zero-order chi connectivity index (χ0) is 13.9. The van der Waals surface area contributed by atoms with Crippen LogP contribution in [0.3, 0.4) is 0 Å². The highest BCUT2D eigenvalue weighted by atomic mass is 32.2. The molecule has 19 heavy (non-hydrogen) atoms. The van der Waals surface area contributed by atoms with Gasteiger partial charge in [0.25, 0.3) is 10.0 Å². The summed E-state index contributed by atoms with van der Waals surface area (Å²) in [5.74, 6) is 0.239. The molecule has 100 valence electrons. The maximum absolute atomic E-state index is 12.2. The van der Waals surface area contributed by atoms with Gasteiger partial charge in [0, 0.05) is 6.20 Å². The Morgan fingerprint density at radius 2 is 1.74 bits per heavy atom. The summed E-state index contributed by atoms with van der Waals surface area (Å²) in [6, 6.07) is 12.2. The molecule has 0 radical (unpaired) electrons. The average Bonchev–Trinajstić information content (AvgIpc) is 2.39. The first-order valence-electron chi connectivity index (χ1n) is 6.03. The van der Waals surface area contributed by atoms with Crippen LogP contribution in [0, 0.1) is 0 Å². The number of hydrogen-bond donors (Lipinski definition) is 1. The van der Waals surface area contributed by atoms with Gasteiger partial charge in [0.05, 0.1) is 5.69 Å². The van der Waals surface area contributed by atoms with E-state index in [2.05, 4.69) is 9.71 Å². The van der Waals surface area contributed by atoms with Gasteiger partial charge in [0.1, 0.15) is 0 Å². The lowest BCUT2D eigenvalue weighted by molar-refractivity contribution is 0.597. The van der Waals surface area contributed by atoms with E-state index in [9.17, 15) is 8.42 Å². The monoisotopic (exact) mass is 276 g/mol. The Morgan fingerprint density at radius 1 is 1.05 bits per heavy atom. The molecule has 0 fully saturated rings. The van der Waals surface area contributed by atoms with Gasteiger partial charge >= 0.3 is 0 Å². The fourth-order valence-electron chi connectivity index (χ4n) is 1.80. The van der Waals surface area contributed by atoms with Crippen LogP contribution in [0.25, 0.3) is 0 Å². The van der Waals surface area contributed by atoms with Gasteiger partial charge in [-0.1, -0.05) is 38.1 Å². The standard InChI is InChI=1S/C14H16N2O2S/c1-11(2)12-7-3-4-8-13(12)16-19(17,18)14-9-5-6-10-15-14/h3-11,16H,1-2H3. The third-order valence-corrected chi connectivity index (χ3v) is 4.02. The zero-order valence-electron chi connectivity index (χ0n) is 10.9. The first-order chi connectivity index (χ1) is 9.00. The van der Waals surface area contributed by atoms with Crippen molar-refractivity contribution < 1.29 is 8.42 Å². The third-order valence-electron chi connectivity index (χ3n) is 2.74. The SMILES string of the molecule is CC(C)c1ccccc1NS(=O)(=O)c1ccccn1. The number of nitrogens with one attached hydrogen (secondary N) is 1. The van der Waals surface area contributed by atoms with Crippen molar-refractivity contribution in [2.75, 3.05) is 4.72 Å². The molecule has 0 aliphatic carbocycles. The second-order valence-corrected chi connectivity index (χ2v) is 6.14. The van der Waals surface area contributed by atoms with Crippen LogP contribution in [0.15, 0.2) is 53.7 Å². The van der Waals surface area contributed by atoms with Gasteiger partial charge in [0.2, 0.25) is 0 Å². The molecule has 2 rings (SSSR count). The summed E-state index contributed by atoms with van der Waals surface area (Å²) in [6.07, 6.45) is 1.46. The van der Waals surface area contributed by atoms with Gasteiger partial charge in [0.15, 0.2) is 5.03 Å². The Morgan fingerprint density at radius 3 is 2.37 bits per heavy atom. The fourth-order valence-corrected chi connectivity index (χ4v) is 2.83. The van der Waals surface area contributed by atoms with Crippen LogP contribution in [0.1, 0.15) is 25.3 Å². The number of aromatic nitrogens is 1. The Kier molecular flexibility index (Phi) is 3.85. The van der Waals surface area contributed by atoms with E-state index in [1.807, 2.05) is 32.0 Å². The van der Waals surface area contributed by atoms with Crippen molar-refractivity contribution in [2.24, 2.45) is 0 Å². The second kappa shape index (κ2) is 5.40. The normalized spacial score (nSPS) is 11.5. The van der Waals surface area contributed by atoms with Crippen LogP contribution in [0.4, 0.5) is 5.69 Å². The summed E-state index contributed by atoms with van der Waals surface area (Å²) in [4.78, 5) is 3.87. The quantitative estimate of drug-likeness (QED) is 0.933. The van der Waals surface area contributed by atoms with Crippen molar-refractivity contribution in [3.8, 4) is 0 Å². The molecule has 1 aromatic heterocycles. The molecule has 0 amide bonds. The smallest absolute Gasteiger partial charge is 0.278 e. The van der Waals surface area contributed by atoms with E-state index in [-0.39, 0.29) is 10.9 Å². The third kappa shape index (κ3) is 3.12. The minimum Gasteiger partial charge on any atom is -0.278 e. The van der Waals surface area contributed by atoms with Crippen molar-refractivity contribution in [3.05, 3.63) is 54.2 Å². The van der Waals surface area contributed by atoms with E-state index in [1.54, 1.807) is 18.2 Å². The van der Waals surface area contributed by atoms with Crippen molar-refractivity contribution in [1.29, 1.82) is 0 Å². The number of sulfonamides is 1. The summed E-state index contributed by atoms with van der Waals surface area (Å²) in [5, 5.41) is 0.0218. The van der Waals surface area contributed by atoms with Gasteiger partial charge in [-0.2, -0.15) is 8.42 Å². The molecule has 4 nitrogen and oxygen atoms in total. The summed E-state index contributed by atoms with van der Waals surface area (Å²) in [6.45, 7) is 4.04. The molecule has 5 heteroatoms. The average molecular weight is 276 g/mol. The number of para-hydroxylation sites is 1. The molecule has 0 unspecified atom stereocenters. The first kappa shape index (κ1) is 13.5. The van der Waals surface area contributed by atoms with Crippen molar-refractivity contribution >= 4 is 15.7 Å². The number of nitrogens with zero attached hydrogens (tertiary/aromatic N) is 1. The number of pyridine rings is 1. The highest BCUT2D eigenvalue weighted by Gasteiger charge is 2.17. The lowest BCUT2D eigenvalue weighted by atomic mass is 10.0. The number of anilines is 1. The summed E-state index contributed by atoms with van der Waals surface area (Å²) >= 11 is 0. The highest BCUT2D eigenvalue weighted by Crippen LogP contribution is 2.25. The Hall–Kier alpha value is -1.88. The predicted octanol–water partition coefficient (Wildman–Crippen LogP) is 3.01. The Balaban J connectivity index is 2.37. The molecule has 0 bridgehead atoms. The van der Waals surface area contributed by atoms with Gasteiger partial charge < -0.3 is 0 Å². The minimum atomic E-state index is -3.63. The molecule has 0 atom stereocenters. The van der Waals surface area contributed by atoms with Crippen LogP contribution in [0.2, 0.25) is 0 Å². The highest BCUT2D eigenvalue weighted by molar-refractivity contribution is 7.92. The van der Waals surface area contributed by atoms with Gasteiger partial charge in [-0.3, -0.25) is 4.72 Å². The van der Waals surface area contributed by atoms with Crippen LogP contribution in [-0.2, 0) is 10.0 Å². The van der Waals surface area contributed by atoms with Crippen molar-refractivity contribution in [1.82, 2.24) is 4.98 Å². The molecule has 0 saturated heterocycles. The van der Waals surface area contributed by atoms with Crippen LogP contribution >= 0.6 is 0 Å². The van der Waals surface area contributed by atoms with Gasteiger partial charge in [-0.25, -0.2) is 4.98 Å². The van der Waals surface area contributed by atoms with E-state index in [0.29, 0.717) is 5.69 Å². The molecular weight excluding hydrogens is 260 g/mol. The molecule has 0 spiro atoms. The largest absolute Gasteiger partial charge is 0.279 e. The Labute approximate surface area is 113 Å². The molecule has 0 aliphatic rings. The van der Waals surface area contributed by atoms with Crippen LogP contribution in [0.5, 0.6) is 0 Å². The Bertz CT molecular complexity index is 652. The van der Waals surface area contributed by atoms with E-state index >= 15 is 0 Å². The van der Waals surface area contributed by atoms with E-state index in [0.717, 1.165) is 5.56 Å². The second-order valence-electron chi connectivity index (χ2n) is 4.52. The lowest BCUT2D eigenvalue weighted by Gasteiger charge is -2.14. The molecule has 0 aliphatic heterocycles. The lowest BCUT2D eigenvalue weighted by Crippen LogP contribution is -2.15. The summed E-state index contributed by atoms with van der Waals surface area (Å²) in [5.41, 5.74) is 1.56. The van der Waals surface area contributed by atoms with Gasteiger partial charge in [-0.05, 0) is 29.7 Å². The maximum Gasteiger partial charge on any atom is 0.279 e. The summed E-state index contributed by atoms with van der Waals surface area (Å²) in [7, 11) is -3.63.